The minimum atomic E-state index is 0.120. The summed E-state index contributed by atoms with van der Waals surface area (Å²) in [5.41, 5.74) is 1.17. The van der Waals surface area contributed by atoms with Crippen LogP contribution in [0, 0.1) is 0 Å². The van der Waals surface area contributed by atoms with E-state index in [4.69, 9.17) is 4.74 Å². The van der Waals surface area contributed by atoms with Crippen molar-refractivity contribution in [3.8, 4) is 5.75 Å². The Morgan fingerprint density at radius 2 is 1.76 bits per heavy atom. The van der Waals surface area contributed by atoms with Gasteiger partial charge in [0.05, 0.1) is 18.5 Å². The summed E-state index contributed by atoms with van der Waals surface area (Å²) in [6, 6.07) is 4.05. The van der Waals surface area contributed by atoms with Crippen LogP contribution in [0.1, 0.15) is 71.9 Å². The summed E-state index contributed by atoms with van der Waals surface area (Å²) in [6.45, 7) is 10.3. The van der Waals surface area contributed by atoms with Crippen molar-refractivity contribution in [2.75, 3.05) is 6.61 Å². The highest BCUT2D eigenvalue weighted by molar-refractivity contribution is 5.19. The molecule has 0 unspecified atom stereocenters. The van der Waals surface area contributed by atoms with Crippen molar-refractivity contribution in [3.05, 3.63) is 24.0 Å². The number of nitrogens with zero attached hydrogens (tertiary/aromatic N) is 1. The summed E-state index contributed by atoms with van der Waals surface area (Å²) >= 11 is 0. The predicted octanol–water partition coefficient (Wildman–Crippen LogP) is 4.71. The van der Waals surface area contributed by atoms with Crippen LogP contribution in [0.25, 0.3) is 0 Å². The van der Waals surface area contributed by atoms with Crippen molar-refractivity contribution < 1.29 is 4.74 Å². The third-order valence-electron chi connectivity index (χ3n) is 3.36. The predicted molar refractivity (Wildman–Crippen MR) is 89.7 cm³/mol. The zero-order valence-corrected chi connectivity index (χ0v) is 14.2. The van der Waals surface area contributed by atoms with Crippen LogP contribution in [0.3, 0.4) is 0 Å². The molecule has 120 valence electrons. The Bertz CT molecular complexity index is 368. The molecule has 1 N–H and O–H groups in total. The molecule has 0 radical (unpaired) electrons. The number of aromatic nitrogens is 1. The molecule has 1 aromatic heterocycles. The number of unbranched alkanes of at least 4 members (excludes halogenated alkanes) is 5. The van der Waals surface area contributed by atoms with E-state index in [0.29, 0.717) is 0 Å². The molecule has 0 aromatic carbocycles. The van der Waals surface area contributed by atoms with Crippen LogP contribution in [0.5, 0.6) is 5.75 Å². The fraction of sp³-hybridized carbons (Fsp3) is 0.722. The van der Waals surface area contributed by atoms with Crippen molar-refractivity contribution in [1.82, 2.24) is 10.3 Å². The van der Waals surface area contributed by atoms with Crippen LogP contribution >= 0.6 is 0 Å². The third-order valence-corrected chi connectivity index (χ3v) is 3.36. The SMILES string of the molecule is CCCCCCCCOc1ccc(CNC(C)(C)C)nc1. The number of rotatable bonds is 10. The Balaban J connectivity index is 2.16. The molecule has 0 aliphatic heterocycles. The summed E-state index contributed by atoms with van der Waals surface area (Å²) in [5, 5.41) is 3.43. The van der Waals surface area contributed by atoms with Gasteiger partial charge in [-0.15, -0.1) is 0 Å². The monoisotopic (exact) mass is 292 g/mol. The summed E-state index contributed by atoms with van der Waals surface area (Å²) in [6.07, 6.45) is 9.57. The van der Waals surface area contributed by atoms with Crippen molar-refractivity contribution in [2.24, 2.45) is 0 Å². The van der Waals surface area contributed by atoms with Crippen LogP contribution in [-0.4, -0.2) is 17.1 Å². The lowest BCUT2D eigenvalue weighted by Gasteiger charge is -2.20. The van der Waals surface area contributed by atoms with Gasteiger partial charge in [-0.2, -0.15) is 0 Å². The van der Waals surface area contributed by atoms with E-state index in [0.717, 1.165) is 31.0 Å². The highest BCUT2D eigenvalue weighted by Crippen LogP contribution is 2.11. The molecule has 1 aromatic rings. The van der Waals surface area contributed by atoms with Crippen LogP contribution in [0.15, 0.2) is 18.3 Å². The summed E-state index contributed by atoms with van der Waals surface area (Å²) in [4.78, 5) is 4.43. The highest BCUT2D eigenvalue weighted by atomic mass is 16.5. The second-order valence-electron chi connectivity index (χ2n) is 6.71. The molecule has 0 amide bonds. The molecule has 0 aliphatic carbocycles. The summed E-state index contributed by atoms with van der Waals surface area (Å²) in [7, 11) is 0. The lowest BCUT2D eigenvalue weighted by Crippen LogP contribution is -2.35. The molecule has 1 rings (SSSR count). The van der Waals surface area contributed by atoms with Crippen LogP contribution in [-0.2, 0) is 6.54 Å². The molecule has 0 atom stereocenters. The average Bonchev–Trinajstić information content (AvgIpc) is 2.44. The maximum Gasteiger partial charge on any atom is 0.137 e. The van der Waals surface area contributed by atoms with E-state index >= 15 is 0 Å². The maximum absolute atomic E-state index is 5.73. The van der Waals surface area contributed by atoms with E-state index in [-0.39, 0.29) is 5.54 Å². The molecule has 21 heavy (non-hydrogen) atoms. The minimum Gasteiger partial charge on any atom is -0.492 e. The Hall–Kier alpha value is -1.09. The van der Waals surface area contributed by atoms with Crippen molar-refractivity contribution in [2.45, 2.75) is 78.3 Å². The van der Waals surface area contributed by atoms with Gasteiger partial charge in [-0.3, -0.25) is 4.98 Å². The number of hydrogen-bond donors (Lipinski definition) is 1. The van der Waals surface area contributed by atoms with Gasteiger partial charge in [-0.25, -0.2) is 0 Å². The third kappa shape index (κ3) is 9.46. The molecular formula is C18H32N2O. The lowest BCUT2D eigenvalue weighted by molar-refractivity contribution is 0.303. The van der Waals surface area contributed by atoms with Crippen molar-refractivity contribution >= 4 is 0 Å². The molecule has 0 bridgehead atoms. The lowest BCUT2D eigenvalue weighted by atomic mass is 10.1. The Morgan fingerprint density at radius 3 is 2.38 bits per heavy atom. The van der Waals surface area contributed by atoms with Crippen LogP contribution in [0.2, 0.25) is 0 Å². The first-order valence-corrected chi connectivity index (χ1v) is 8.34. The Kier molecular flexibility index (Phi) is 8.36. The number of nitrogens with one attached hydrogen (secondary N) is 1. The fourth-order valence-electron chi connectivity index (χ4n) is 2.03. The Morgan fingerprint density at radius 1 is 1.05 bits per heavy atom. The van der Waals surface area contributed by atoms with Crippen LogP contribution in [0.4, 0.5) is 0 Å². The van der Waals surface area contributed by atoms with Gasteiger partial charge in [0, 0.05) is 12.1 Å². The normalized spacial score (nSPS) is 11.6. The molecule has 0 spiro atoms. The molecule has 1 heterocycles. The zero-order chi connectivity index (χ0) is 15.6. The molecule has 3 heteroatoms. The highest BCUT2D eigenvalue weighted by Gasteiger charge is 2.08. The van der Waals surface area contributed by atoms with Gasteiger partial charge in [-0.05, 0) is 39.3 Å². The van der Waals surface area contributed by atoms with Gasteiger partial charge < -0.3 is 10.1 Å². The van der Waals surface area contributed by atoms with Gasteiger partial charge in [0.25, 0.3) is 0 Å². The minimum absolute atomic E-state index is 0.120. The van der Waals surface area contributed by atoms with Gasteiger partial charge >= 0.3 is 0 Å². The van der Waals surface area contributed by atoms with Crippen LogP contribution < -0.4 is 10.1 Å². The van der Waals surface area contributed by atoms with Crippen molar-refractivity contribution in [1.29, 1.82) is 0 Å². The van der Waals surface area contributed by atoms with E-state index in [1.54, 1.807) is 0 Å². The van der Waals surface area contributed by atoms with E-state index in [1.807, 2.05) is 18.3 Å². The van der Waals surface area contributed by atoms with E-state index in [9.17, 15) is 0 Å². The standard InChI is InChI=1S/C18H32N2O/c1-5-6-7-8-9-10-13-21-17-12-11-16(19-15-17)14-20-18(2,3)4/h11-12,15,20H,5-10,13-14H2,1-4H3. The molecule has 0 saturated carbocycles. The van der Waals surface area contributed by atoms with Gasteiger partial charge in [0.15, 0.2) is 0 Å². The first-order chi connectivity index (χ1) is 10.0. The van der Waals surface area contributed by atoms with Crippen molar-refractivity contribution in [3.63, 3.8) is 0 Å². The Labute approximate surface area is 130 Å². The fourth-order valence-corrected chi connectivity index (χ4v) is 2.03. The number of pyridine rings is 1. The molecular weight excluding hydrogens is 260 g/mol. The van der Waals surface area contributed by atoms with Gasteiger partial charge in [-0.1, -0.05) is 39.0 Å². The first kappa shape index (κ1) is 18.0. The second-order valence-corrected chi connectivity index (χ2v) is 6.71. The topological polar surface area (TPSA) is 34.1 Å². The van der Waals surface area contributed by atoms with Gasteiger partial charge in [0.2, 0.25) is 0 Å². The van der Waals surface area contributed by atoms with E-state index < -0.39 is 0 Å². The maximum atomic E-state index is 5.73. The van der Waals surface area contributed by atoms with E-state index in [1.165, 1.54) is 32.1 Å². The van der Waals surface area contributed by atoms with Gasteiger partial charge in [0.1, 0.15) is 5.75 Å². The molecule has 0 fully saturated rings. The largest absolute Gasteiger partial charge is 0.492 e. The number of ether oxygens (including phenoxy) is 1. The smallest absolute Gasteiger partial charge is 0.137 e. The molecule has 0 saturated heterocycles. The quantitative estimate of drug-likeness (QED) is 0.634. The van der Waals surface area contributed by atoms with E-state index in [2.05, 4.69) is 38.0 Å². The molecule has 0 aliphatic rings. The zero-order valence-electron chi connectivity index (χ0n) is 14.2. The summed E-state index contributed by atoms with van der Waals surface area (Å²) < 4.78 is 5.73. The second kappa shape index (κ2) is 9.78. The molecule has 3 nitrogen and oxygen atoms in total. The average molecular weight is 292 g/mol. The summed E-state index contributed by atoms with van der Waals surface area (Å²) in [5.74, 6) is 0.878. The first-order valence-electron chi connectivity index (χ1n) is 8.34. The number of hydrogen-bond acceptors (Lipinski definition) is 3.